The first kappa shape index (κ1) is 10.8. The second kappa shape index (κ2) is 4.14. The van der Waals surface area contributed by atoms with Crippen molar-refractivity contribution >= 4 is 16.7 Å². The van der Waals surface area contributed by atoms with Gasteiger partial charge in [-0.25, -0.2) is 9.97 Å². The summed E-state index contributed by atoms with van der Waals surface area (Å²) in [4.78, 5) is 11.2. The van der Waals surface area contributed by atoms with Gasteiger partial charge in [0.1, 0.15) is 12.1 Å². The maximum Gasteiger partial charge on any atom is 0.165 e. The molecule has 4 nitrogen and oxygen atoms in total. The first-order chi connectivity index (χ1) is 8.75. The molecule has 0 fully saturated rings. The van der Waals surface area contributed by atoms with Crippen LogP contribution in [-0.2, 0) is 0 Å². The fraction of sp³-hybridized carbons (Fsp3) is 0.143. The molecule has 0 atom stereocenters. The monoisotopic (exact) mass is 239 g/mol. The third-order valence-corrected chi connectivity index (χ3v) is 2.79. The predicted octanol–water partition coefficient (Wildman–Crippen LogP) is 2.96. The number of rotatable bonds is 2. The van der Waals surface area contributed by atoms with Crippen LogP contribution >= 0.6 is 0 Å². The van der Waals surface area contributed by atoms with E-state index in [1.54, 1.807) is 12.5 Å². The molecule has 0 aliphatic rings. The number of anilines is 1. The lowest BCUT2D eigenvalue weighted by molar-refractivity contribution is 0.568. The Morgan fingerprint density at radius 1 is 1.06 bits per heavy atom. The van der Waals surface area contributed by atoms with Crippen molar-refractivity contribution in [2.24, 2.45) is 0 Å². The zero-order valence-corrected chi connectivity index (χ0v) is 10.3. The van der Waals surface area contributed by atoms with Crippen LogP contribution in [-0.4, -0.2) is 24.1 Å². The van der Waals surface area contributed by atoms with Crippen LogP contribution in [0.2, 0.25) is 0 Å². The normalized spacial score (nSPS) is 10.8. The highest BCUT2D eigenvalue weighted by Crippen LogP contribution is 2.26. The molecule has 2 aromatic heterocycles. The number of para-hydroxylation sites is 1. The summed E-state index contributed by atoms with van der Waals surface area (Å²) in [6, 6.07) is 9.87. The molecule has 0 saturated carbocycles. The topological polar surface area (TPSA) is 42.2 Å². The summed E-state index contributed by atoms with van der Waals surface area (Å²) >= 11 is 0. The highest BCUT2D eigenvalue weighted by molar-refractivity contribution is 5.90. The van der Waals surface area contributed by atoms with Crippen molar-refractivity contribution in [3.63, 3.8) is 0 Å². The Balaban J connectivity index is 2.30. The fourth-order valence-electron chi connectivity index (χ4n) is 1.92. The quantitative estimate of drug-likeness (QED) is 0.689. The number of furan rings is 1. The Bertz CT molecular complexity index is 675. The number of hydrogen-bond donors (Lipinski definition) is 0. The van der Waals surface area contributed by atoms with Crippen LogP contribution < -0.4 is 4.90 Å². The van der Waals surface area contributed by atoms with Gasteiger partial charge in [-0.15, -0.1) is 0 Å². The molecule has 0 radical (unpaired) electrons. The summed E-state index contributed by atoms with van der Waals surface area (Å²) in [7, 11) is 3.96. The number of nitrogens with zero attached hydrogens (tertiary/aromatic N) is 3. The third kappa shape index (κ3) is 1.72. The van der Waals surface area contributed by atoms with Crippen LogP contribution in [0.25, 0.3) is 22.3 Å². The molecular formula is C14H13N3O. The van der Waals surface area contributed by atoms with Gasteiger partial charge in [-0.2, -0.15) is 0 Å². The van der Waals surface area contributed by atoms with Gasteiger partial charge in [0, 0.05) is 19.5 Å². The molecule has 0 unspecified atom stereocenters. The van der Waals surface area contributed by atoms with Gasteiger partial charge in [0.25, 0.3) is 0 Å². The maximum absolute atomic E-state index is 5.09. The van der Waals surface area contributed by atoms with Crippen molar-refractivity contribution in [2.45, 2.75) is 0 Å². The summed E-state index contributed by atoms with van der Waals surface area (Å²) in [5.74, 6) is 1.60. The first-order valence-corrected chi connectivity index (χ1v) is 5.72. The molecule has 0 saturated heterocycles. The maximum atomic E-state index is 5.09. The number of benzene rings is 1. The third-order valence-electron chi connectivity index (χ3n) is 2.79. The molecule has 3 aromatic rings. The zero-order chi connectivity index (χ0) is 12.5. The number of hydrogen-bond acceptors (Lipinski definition) is 4. The van der Waals surface area contributed by atoms with Gasteiger partial charge >= 0.3 is 0 Å². The molecule has 0 N–H and O–H groups in total. The molecule has 4 heteroatoms. The van der Waals surface area contributed by atoms with Crippen molar-refractivity contribution in [1.29, 1.82) is 0 Å². The van der Waals surface area contributed by atoms with Crippen molar-refractivity contribution in [1.82, 2.24) is 9.97 Å². The summed E-state index contributed by atoms with van der Waals surface area (Å²) in [5.41, 5.74) is 1.83. The van der Waals surface area contributed by atoms with Gasteiger partial charge in [-0.1, -0.05) is 12.1 Å². The first-order valence-electron chi connectivity index (χ1n) is 5.72. The van der Waals surface area contributed by atoms with E-state index in [1.165, 1.54) is 0 Å². The average molecular weight is 239 g/mol. The molecule has 1 aromatic carbocycles. The Kier molecular flexibility index (Phi) is 2.48. The SMILES string of the molecule is CN(C)c1nc(-c2ccoc2)nc2ccccc12. The molecule has 0 amide bonds. The van der Waals surface area contributed by atoms with E-state index in [4.69, 9.17) is 4.42 Å². The predicted molar refractivity (Wildman–Crippen MR) is 71.6 cm³/mol. The Morgan fingerprint density at radius 3 is 2.61 bits per heavy atom. The highest BCUT2D eigenvalue weighted by atomic mass is 16.3. The Labute approximate surface area is 105 Å². The van der Waals surface area contributed by atoms with E-state index in [-0.39, 0.29) is 0 Å². The molecule has 2 heterocycles. The van der Waals surface area contributed by atoms with Gasteiger partial charge in [-0.05, 0) is 18.2 Å². The van der Waals surface area contributed by atoms with Crippen LogP contribution in [0.1, 0.15) is 0 Å². The molecule has 0 bridgehead atoms. The second-order valence-corrected chi connectivity index (χ2v) is 4.29. The van der Waals surface area contributed by atoms with Crippen molar-refractivity contribution in [3.8, 4) is 11.4 Å². The smallest absolute Gasteiger partial charge is 0.165 e. The molecule has 90 valence electrons. The van der Waals surface area contributed by atoms with E-state index >= 15 is 0 Å². The van der Waals surface area contributed by atoms with Crippen LogP contribution in [0.4, 0.5) is 5.82 Å². The molecular weight excluding hydrogens is 226 g/mol. The van der Waals surface area contributed by atoms with E-state index in [0.717, 1.165) is 22.3 Å². The summed E-state index contributed by atoms with van der Waals surface area (Å²) in [6.45, 7) is 0. The van der Waals surface area contributed by atoms with Crippen LogP contribution in [0, 0.1) is 0 Å². The van der Waals surface area contributed by atoms with Crippen molar-refractivity contribution in [2.75, 3.05) is 19.0 Å². The Hall–Kier alpha value is -2.36. The van der Waals surface area contributed by atoms with E-state index < -0.39 is 0 Å². The average Bonchev–Trinajstić information content (AvgIpc) is 2.91. The van der Waals surface area contributed by atoms with Gasteiger partial charge in [0.2, 0.25) is 0 Å². The van der Waals surface area contributed by atoms with Crippen molar-refractivity contribution < 1.29 is 4.42 Å². The standard InChI is InChI=1S/C14H13N3O/c1-17(2)14-11-5-3-4-6-12(11)15-13(16-14)10-7-8-18-9-10/h3-9H,1-2H3. The number of fused-ring (bicyclic) bond motifs is 1. The van der Waals surface area contributed by atoms with Crippen LogP contribution in [0.3, 0.4) is 0 Å². The van der Waals surface area contributed by atoms with E-state index in [2.05, 4.69) is 9.97 Å². The molecule has 0 aliphatic heterocycles. The number of aromatic nitrogens is 2. The lowest BCUT2D eigenvalue weighted by atomic mass is 10.2. The van der Waals surface area contributed by atoms with E-state index in [1.807, 2.05) is 49.3 Å². The molecule has 0 spiro atoms. The summed E-state index contributed by atoms with van der Waals surface area (Å²) in [6.07, 6.45) is 3.28. The zero-order valence-electron chi connectivity index (χ0n) is 10.3. The van der Waals surface area contributed by atoms with Crippen LogP contribution in [0.15, 0.2) is 47.3 Å². The second-order valence-electron chi connectivity index (χ2n) is 4.29. The largest absolute Gasteiger partial charge is 0.472 e. The minimum atomic E-state index is 0.686. The molecule has 3 rings (SSSR count). The lowest BCUT2D eigenvalue weighted by Gasteiger charge is -2.14. The van der Waals surface area contributed by atoms with Crippen molar-refractivity contribution in [3.05, 3.63) is 42.9 Å². The van der Waals surface area contributed by atoms with Gasteiger partial charge in [-0.3, -0.25) is 0 Å². The minimum Gasteiger partial charge on any atom is -0.472 e. The lowest BCUT2D eigenvalue weighted by Crippen LogP contribution is -2.12. The molecule has 0 aliphatic carbocycles. The van der Waals surface area contributed by atoms with E-state index in [9.17, 15) is 0 Å². The molecule has 18 heavy (non-hydrogen) atoms. The minimum absolute atomic E-state index is 0.686. The summed E-state index contributed by atoms with van der Waals surface area (Å²) in [5, 5.41) is 1.05. The Morgan fingerprint density at radius 2 is 1.89 bits per heavy atom. The van der Waals surface area contributed by atoms with Crippen LogP contribution in [0.5, 0.6) is 0 Å². The van der Waals surface area contributed by atoms with E-state index in [0.29, 0.717) is 5.82 Å². The fourth-order valence-corrected chi connectivity index (χ4v) is 1.92. The summed E-state index contributed by atoms with van der Waals surface area (Å²) < 4.78 is 5.09. The van der Waals surface area contributed by atoms with Gasteiger partial charge in [0.05, 0.1) is 17.3 Å². The van der Waals surface area contributed by atoms with Gasteiger partial charge < -0.3 is 9.32 Å². The highest BCUT2D eigenvalue weighted by Gasteiger charge is 2.10. The van der Waals surface area contributed by atoms with Gasteiger partial charge in [0.15, 0.2) is 5.82 Å².